The van der Waals surface area contributed by atoms with E-state index in [1.54, 1.807) is 4.68 Å². The average molecular weight is 423 g/mol. The van der Waals surface area contributed by atoms with E-state index in [-0.39, 0.29) is 12.0 Å². The van der Waals surface area contributed by atoms with E-state index in [0.29, 0.717) is 42.5 Å². The summed E-state index contributed by atoms with van der Waals surface area (Å²) in [5.74, 6) is 0.941. The Morgan fingerprint density at radius 1 is 1.32 bits per heavy atom. The third-order valence-electron chi connectivity index (χ3n) is 4.89. The molecule has 1 atom stereocenters. The van der Waals surface area contributed by atoms with E-state index in [0.717, 1.165) is 30.8 Å². The van der Waals surface area contributed by atoms with Crippen LogP contribution in [0.15, 0.2) is 24.3 Å². The normalized spacial score (nSPS) is 17.1. The molecule has 1 aromatic carbocycles. The van der Waals surface area contributed by atoms with Crippen LogP contribution in [0.4, 0.5) is 0 Å². The highest BCUT2D eigenvalue weighted by Gasteiger charge is 2.21. The van der Waals surface area contributed by atoms with Gasteiger partial charge in [-0.3, -0.25) is 9.36 Å². The lowest BCUT2D eigenvalue weighted by atomic mass is 10.2. The highest BCUT2D eigenvalue weighted by molar-refractivity contribution is 7.71. The number of carbonyl (C=O) groups excluding carboxylic acids is 1. The van der Waals surface area contributed by atoms with E-state index < -0.39 is 0 Å². The Hall–Kier alpha value is -1.70. The van der Waals surface area contributed by atoms with Crippen molar-refractivity contribution in [1.82, 2.24) is 19.2 Å². The summed E-state index contributed by atoms with van der Waals surface area (Å²) >= 11 is 11.7. The molecule has 0 aliphatic carbocycles. The molecule has 1 amide bonds. The number of halogens is 1. The SMILES string of the molecule is CCCCn1c(-c2ccc(Cl)cc2)nn(CCC(=O)N2CCOC(C)C2)c1=S. The van der Waals surface area contributed by atoms with Crippen molar-refractivity contribution in [2.24, 2.45) is 0 Å². The van der Waals surface area contributed by atoms with Crippen LogP contribution >= 0.6 is 23.8 Å². The zero-order valence-corrected chi connectivity index (χ0v) is 18.0. The molecule has 8 heteroatoms. The first-order valence-electron chi connectivity index (χ1n) is 9.82. The molecule has 0 radical (unpaired) electrons. The van der Waals surface area contributed by atoms with Crippen LogP contribution in [0.2, 0.25) is 5.02 Å². The van der Waals surface area contributed by atoms with Crippen LogP contribution in [0.25, 0.3) is 11.4 Å². The smallest absolute Gasteiger partial charge is 0.224 e. The third kappa shape index (κ3) is 5.01. The van der Waals surface area contributed by atoms with Gasteiger partial charge in [0.1, 0.15) is 0 Å². The molecule has 1 aliphatic rings. The second-order valence-corrected chi connectivity index (χ2v) is 7.91. The Balaban J connectivity index is 1.78. The van der Waals surface area contributed by atoms with Gasteiger partial charge in [0, 0.05) is 36.6 Å². The predicted octanol–water partition coefficient (Wildman–Crippen LogP) is 4.17. The van der Waals surface area contributed by atoms with Crippen LogP contribution < -0.4 is 0 Å². The molecule has 1 fully saturated rings. The van der Waals surface area contributed by atoms with Crippen molar-refractivity contribution in [3.63, 3.8) is 0 Å². The van der Waals surface area contributed by atoms with Gasteiger partial charge in [-0.05, 0) is 49.8 Å². The van der Waals surface area contributed by atoms with Gasteiger partial charge >= 0.3 is 0 Å². The first kappa shape index (κ1) is 21.0. The van der Waals surface area contributed by atoms with Gasteiger partial charge in [0.15, 0.2) is 10.6 Å². The zero-order chi connectivity index (χ0) is 20.1. The van der Waals surface area contributed by atoms with E-state index >= 15 is 0 Å². The molecule has 2 heterocycles. The summed E-state index contributed by atoms with van der Waals surface area (Å²) in [6, 6.07) is 7.61. The minimum absolute atomic E-state index is 0.0876. The first-order valence-corrected chi connectivity index (χ1v) is 10.6. The standard InChI is InChI=1S/C20H27ClN4O2S/c1-3-4-10-24-19(16-5-7-17(21)8-6-16)22-25(20(24)28)11-9-18(26)23-12-13-27-15(2)14-23/h5-8,15H,3-4,9-14H2,1-2H3. The summed E-state index contributed by atoms with van der Waals surface area (Å²) in [6.07, 6.45) is 2.56. The van der Waals surface area contributed by atoms with Crippen molar-refractivity contribution in [2.45, 2.75) is 52.3 Å². The van der Waals surface area contributed by atoms with Crippen LogP contribution in [0.3, 0.4) is 0 Å². The molecule has 0 bridgehead atoms. The highest BCUT2D eigenvalue weighted by atomic mass is 35.5. The maximum atomic E-state index is 12.6. The predicted molar refractivity (Wildman–Crippen MR) is 113 cm³/mol. The second-order valence-electron chi connectivity index (χ2n) is 7.11. The molecule has 28 heavy (non-hydrogen) atoms. The number of ether oxygens (including phenoxy) is 1. The molecule has 1 unspecified atom stereocenters. The van der Waals surface area contributed by atoms with Gasteiger partial charge < -0.3 is 9.64 Å². The van der Waals surface area contributed by atoms with Gasteiger partial charge in [0.05, 0.1) is 19.3 Å². The van der Waals surface area contributed by atoms with Crippen LogP contribution in [-0.4, -0.2) is 51.0 Å². The molecule has 3 rings (SSSR count). The highest BCUT2D eigenvalue weighted by Crippen LogP contribution is 2.22. The van der Waals surface area contributed by atoms with Crippen LogP contribution in [-0.2, 0) is 22.6 Å². The van der Waals surface area contributed by atoms with Gasteiger partial charge in [-0.1, -0.05) is 24.9 Å². The van der Waals surface area contributed by atoms with Crippen molar-refractivity contribution in [3.8, 4) is 11.4 Å². The Bertz CT molecular complexity index is 862. The monoisotopic (exact) mass is 422 g/mol. The number of aromatic nitrogens is 3. The fraction of sp³-hybridized carbons (Fsp3) is 0.550. The molecule has 6 nitrogen and oxygen atoms in total. The molecule has 0 spiro atoms. The number of hydrogen-bond acceptors (Lipinski definition) is 4. The Morgan fingerprint density at radius 3 is 2.75 bits per heavy atom. The lowest BCUT2D eigenvalue weighted by Crippen LogP contribution is -2.44. The van der Waals surface area contributed by atoms with Gasteiger partial charge in [0.2, 0.25) is 5.91 Å². The number of morpholine rings is 1. The van der Waals surface area contributed by atoms with Crippen molar-refractivity contribution < 1.29 is 9.53 Å². The largest absolute Gasteiger partial charge is 0.375 e. The van der Waals surface area contributed by atoms with Crippen molar-refractivity contribution in [3.05, 3.63) is 34.1 Å². The number of amides is 1. The van der Waals surface area contributed by atoms with Gasteiger partial charge in [-0.25, -0.2) is 4.68 Å². The lowest BCUT2D eigenvalue weighted by Gasteiger charge is -2.31. The number of nitrogens with zero attached hydrogens (tertiary/aromatic N) is 4. The zero-order valence-electron chi connectivity index (χ0n) is 16.4. The lowest BCUT2D eigenvalue weighted by molar-refractivity contribution is -0.138. The summed E-state index contributed by atoms with van der Waals surface area (Å²) in [4.78, 5) is 14.4. The molecule has 1 saturated heterocycles. The van der Waals surface area contributed by atoms with Gasteiger partial charge in [-0.15, -0.1) is 0 Å². The molecular weight excluding hydrogens is 396 g/mol. The van der Waals surface area contributed by atoms with E-state index in [4.69, 9.17) is 33.7 Å². The topological polar surface area (TPSA) is 52.3 Å². The van der Waals surface area contributed by atoms with E-state index in [2.05, 4.69) is 11.5 Å². The quantitative estimate of drug-likeness (QED) is 0.628. The summed E-state index contributed by atoms with van der Waals surface area (Å²) < 4.78 is 10.0. The minimum atomic E-state index is 0.0876. The molecular formula is C20H27ClN4O2S. The van der Waals surface area contributed by atoms with Crippen molar-refractivity contribution >= 4 is 29.7 Å². The maximum Gasteiger partial charge on any atom is 0.224 e. The number of unbranched alkanes of at least 4 members (excludes halogenated alkanes) is 1. The molecule has 0 N–H and O–H groups in total. The van der Waals surface area contributed by atoms with E-state index in [1.807, 2.05) is 36.1 Å². The molecule has 1 aliphatic heterocycles. The summed E-state index contributed by atoms with van der Waals surface area (Å²) in [5.41, 5.74) is 0.971. The fourth-order valence-electron chi connectivity index (χ4n) is 3.32. The Kier molecular flexibility index (Phi) is 7.26. The van der Waals surface area contributed by atoms with Gasteiger partial charge in [-0.2, -0.15) is 5.10 Å². The van der Waals surface area contributed by atoms with E-state index in [9.17, 15) is 4.79 Å². The Labute approximate surface area is 176 Å². The third-order valence-corrected chi connectivity index (χ3v) is 5.57. The van der Waals surface area contributed by atoms with Gasteiger partial charge in [0.25, 0.3) is 0 Å². The van der Waals surface area contributed by atoms with Crippen LogP contribution in [0.1, 0.15) is 33.1 Å². The molecule has 152 valence electrons. The fourth-order valence-corrected chi connectivity index (χ4v) is 3.76. The number of benzene rings is 1. The summed E-state index contributed by atoms with van der Waals surface area (Å²) in [7, 11) is 0. The first-order chi connectivity index (χ1) is 13.5. The van der Waals surface area contributed by atoms with E-state index in [1.165, 1.54) is 0 Å². The number of rotatable bonds is 7. The Morgan fingerprint density at radius 2 is 2.07 bits per heavy atom. The number of carbonyl (C=O) groups is 1. The summed E-state index contributed by atoms with van der Waals surface area (Å²) in [5, 5.41) is 5.42. The van der Waals surface area contributed by atoms with Crippen LogP contribution in [0.5, 0.6) is 0 Å². The minimum Gasteiger partial charge on any atom is -0.375 e. The molecule has 1 aromatic heterocycles. The average Bonchev–Trinajstić information content (AvgIpc) is 3.00. The maximum absolute atomic E-state index is 12.6. The molecule has 0 saturated carbocycles. The second kappa shape index (κ2) is 9.67. The number of hydrogen-bond donors (Lipinski definition) is 0. The van der Waals surface area contributed by atoms with Crippen LogP contribution in [0, 0.1) is 4.77 Å². The van der Waals surface area contributed by atoms with Crippen molar-refractivity contribution in [2.75, 3.05) is 19.7 Å². The number of aryl methyl sites for hydroxylation is 1. The van der Waals surface area contributed by atoms with Crippen molar-refractivity contribution in [1.29, 1.82) is 0 Å². The summed E-state index contributed by atoms with van der Waals surface area (Å²) in [6.45, 7) is 7.31. The molecule has 2 aromatic rings.